The molecule has 2 atom stereocenters. The highest BCUT2D eigenvalue weighted by atomic mass is 19.4. The van der Waals surface area contributed by atoms with E-state index in [1.165, 1.54) is 27.7 Å². The van der Waals surface area contributed by atoms with Crippen LogP contribution in [0, 0.1) is 5.41 Å². The molecule has 2 aliphatic rings. The van der Waals surface area contributed by atoms with Gasteiger partial charge < -0.3 is 18.9 Å². The molecule has 2 fully saturated rings. The Hall–Kier alpha value is -0.800. The van der Waals surface area contributed by atoms with Crippen LogP contribution in [-0.2, 0) is 18.9 Å². The maximum Gasteiger partial charge on any atom is 0.426 e. The molecule has 0 amide bonds. The first-order chi connectivity index (χ1) is 15.2. The average molecular weight is 502 g/mol. The minimum atomic E-state index is -5.29. The van der Waals surface area contributed by atoms with Crippen molar-refractivity contribution in [1.29, 1.82) is 0 Å². The molecule has 0 N–H and O–H groups in total. The number of rotatable bonds is 8. The SMILES string of the molecule is CCN(CC)C1(C(F)C(F)(F)F)OCC2(CO1)COC(C(F)C(F)(F)F)(N(CC)CC)OC2. The molecule has 2 aliphatic heterocycles. The van der Waals surface area contributed by atoms with E-state index in [9.17, 15) is 35.1 Å². The summed E-state index contributed by atoms with van der Waals surface area (Å²) in [5.74, 6) is -5.54. The van der Waals surface area contributed by atoms with E-state index in [0.29, 0.717) is 0 Å². The number of hydrogen-bond donors (Lipinski definition) is 0. The van der Waals surface area contributed by atoms with Crippen molar-refractivity contribution in [2.75, 3.05) is 52.6 Å². The Kier molecular flexibility index (Phi) is 8.66. The first kappa shape index (κ1) is 28.4. The lowest BCUT2D eigenvalue weighted by Crippen LogP contribution is -2.71. The van der Waals surface area contributed by atoms with E-state index >= 15 is 0 Å². The Morgan fingerprint density at radius 3 is 1.03 bits per heavy atom. The van der Waals surface area contributed by atoms with Crippen LogP contribution >= 0.6 is 0 Å². The van der Waals surface area contributed by atoms with Crippen molar-refractivity contribution < 1.29 is 54.1 Å². The fourth-order valence-electron chi connectivity index (χ4n) is 4.08. The number of halogens is 8. The van der Waals surface area contributed by atoms with Gasteiger partial charge in [0.25, 0.3) is 24.2 Å². The highest BCUT2D eigenvalue weighted by Gasteiger charge is 2.66. The molecule has 2 heterocycles. The maximum atomic E-state index is 14.5. The molecule has 0 radical (unpaired) electrons. The van der Waals surface area contributed by atoms with Crippen LogP contribution in [0.25, 0.3) is 0 Å². The fourth-order valence-corrected chi connectivity index (χ4v) is 4.08. The first-order valence-electron chi connectivity index (χ1n) is 10.7. The zero-order valence-electron chi connectivity index (χ0n) is 18.9. The molecule has 0 aromatic carbocycles. The molecule has 0 aromatic rings. The summed E-state index contributed by atoms with van der Waals surface area (Å²) in [7, 11) is 0. The van der Waals surface area contributed by atoms with Gasteiger partial charge in [0.2, 0.25) is 0 Å². The Bertz CT molecular complexity index is 567. The second-order valence-corrected chi connectivity index (χ2v) is 8.07. The number of ether oxygens (including phenoxy) is 4. The summed E-state index contributed by atoms with van der Waals surface area (Å²) < 4.78 is 130. The summed E-state index contributed by atoms with van der Waals surface area (Å²) in [4.78, 5) is 2.04. The molecule has 0 saturated carbocycles. The van der Waals surface area contributed by atoms with Crippen LogP contribution in [0.1, 0.15) is 27.7 Å². The minimum Gasteiger partial charge on any atom is -0.334 e. The van der Waals surface area contributed by atoms with E-state index in [0.717, 1.165) is 9.80 Å². The third-order valence-corrected chi connectivity index (χ3v) is 5.96. The molecular formula is C19H30F8N2O4. The normalized spacial score (nSPS) is 33.6. The molecule has 0 bridgehead atoms. The third kappa shape index (κ3) is 5.25. The molecule has 14 heteroatoms. The van der Waals surface area contributed by atoms with Gasteiger partial charge in [-0.05, 0) is 0 Å². The van der Waals surface area contributed by atoms with Crippen molar-refractivity contribution in [3.63, 3.8) is 0 Å². The van der Waals surface area contributed by atoms with Gasteiger partial charge in [-0.3, -0.25) is 9.80 Å². The van der Waals surface area contributed by atoms with E-state index in [4.69, 9.17) is 18.9 Å². The lowest BCUT2D eigenvalue weighted by Gasteiger charge is -2.55. The van der Waals surface area contributed by atoms with E-state index in [2.05, 4.69) is 0 Å². The Labute approximate surface area is 187 Å². The van der Waals surface area contributed by atoms with Crippen LogP contribution in [0.4, 0.5) is 35.1 Å². The van der Waals surface area contributed by atoms with Gasteiger partial charge in [-0.1, -0.05) is 27.7 Å². The lowest BCUT2D eigenvalue weighted by atomic mass is 9.89. The summed E-state index contributed by atoms with van der Waals surface area (Å²) in [6.07, 6.45) is -17.6. The Morgan fingerprint density at radius 1 is 0.606 bits per heavy atom. The van der Waals surface area contributed by atoms with Gasteiger partial charge in [-0.15, -0.1) is 0 Å². The maximum absolute atomic E-state index is 14.5. The molecule has 196 valence electrons. The van der Waals surface area contributed by atoms with Gasteiger partial charge in [0.15, 0.2) is 0 Å². The summed E-state index contributed by atoms with van der Waals surface area (Å²) in [5, 5.41) is 0. The van der Waals surface area contributed by atoms with Crippen molar-refractivity contribution in [2.45, 2.75) is 64.2 Å². The van der Waals surface area contributed by atoms with Crippen LogP contribution in [0.2, 0.25) is 0 Å². The topological polar surface area (TPSA) is 43.4 Å². The molecule has 2 saturated heterocycles. The summed E-state index contributed by atoms with van der Waals surface area (Å²) in [5.41, 5.74) is -1.36. The number of alkyl halides is 8. The van der Waals surface area contributed by atoms with Gasteiger partial charge in [0.05, 0.1) is 31.8 Å². The first-order valence-corrected chi connectivity index (χ1v) is 10.7. The Morgan fingerprint density at radius 2 is 0.848 bits per heavy atom. The highest BCUT2D eigenvalue weighted by molar-refractivity contribution is 4.96. The van der Waals surface area contributed by atoms with Crippen molar-refractivity contribution in [3.8, 4) is 0 Å². The largest absolute Gasteiger partial charge is 0.426 e. The Balaban J connectivity index is 2.27. The van der Waals surface area contributed by atoms with Crippen LogP contribution in [-0.4, -0.2) is 98.9 Å². The van der Waals surface area contributed by atoms with Crippen molar-refractivity contribution >= 4 is 0 Å². The molecule has 33 heavy (non-hydrogen) atoms. The monoisotopic (exact) mass is 502 g/mol. The molecule has 0 aromatic heterocycles. The van der Waals surface area contributed by atoms with Crippen LogP contribution in [0.3, 0.4) is 0 Å². The van der Waals surface area contributed by atoms with Crippen LogP contribution < -0.4 is 0 Å². The molecule has 1 spiro atoms. The van der Waals surface area contributed by atoms with Crippen molar-refractivity contribution in [1.82, 2.24) is 9.80 Å². The van der Waals surface area contributed by atoms with Crippen molar-refractivity contribution in [2.24, 2.45) is 5.41 Å². The molecular weight excluding hydrogens is 472 g/mol. The quantitative estimate of drug-likeness (QED) is 0.470. The predicted octanol–water partition coefficient (Wildman–Crippen LogP) is 3.86. The number of nitrogens with zero attached hydrogens (tertiary/aromatic N) is 2. The van der Waals surface area contributed by atoms with Crippen LogP contribution in [0.5, 0.6) is 0 Å². The third-order valence-electron chi connectivity index (χ3n) is 5.96. The van der Waals surface area contributed by atoms with Gasteiger partial charge >= 0.3 is 12.4 Å². The van der Waals surface area contributed by atoms with Gasteiger partial charge in [-0.25, -0.2) is 8.78 Å². The fraction of sp³-hybridized carbons (Fsp3) is 1.00. The van der Waals surface area contributed by atoms with E-state index in [1.807, 2.05) is 0 Å². The minimum absolute atomic E-state index is 0.0345. The zero-order valence-corrected chi connectivity index (χ0v) is 18.9. The second-order valence-electron chi connectivity index (χ2n) is 8.07. The predicted molar refractivity (Wildman–Crippen MR) is 99.4 cm³/mol. The van der Waals surface area contributed by atoms with Gasteiger partial charge in [0, 0.05) is 26.2 Å². The van der Waals surface area contributed by atoms with E-state index < -0.39 is 68.4 Å². The molecule has 6 nitrogen and oxygen atoms in total. The standard InChI is InChI=1S/C19H30F8N2O4/c1-5-28(6-2)18(13(20)16(22,23)24)30-9-15(10-31-18)11-32-19(33-12-15,29(7-3)8-4)14(21)17(25,26)27/h13-14H,5-12H2,1-4H3. The summed E-state index contributed by atoms with van der Waals surface area (Å²) in [6.45, 7) is 3.55. The van der Waals surface area contributed by atoms with E-state index in [-0.39, 0.29) is 26.2 Å². The number of hydrogen-bond acceptors (Lipinski definition) is 6. The molecule has 0 aliphatic carbocycles. The van der Waals surface area contributed by atoms with Gasteiger partial charge in [-0.2, -0.15) is 26.3 Å². The zero-order chi connectivity index (χ0) is 25.3. The molecule has 2 unspecified atom stereocenters. The summed E-state index contributed by atoms with van der Waals surface area (Å²) >= 11 is 0. The average Bonchev–Trinajstić information content (AvgIpc) is 2.76. The lowest BCUT2D eigenvalue weighted by molar-refractivity contribution is -0.458. The van der Waals surface area contributed by atoms with Crippen molar-refractivity contribution in [3.05, 3.63) is 0 Å². The second kappa shape index (κ2) is 10.1. The smallest absolute Gasteiger partial charge is 0.334 e. The summed E-state index contributed by atoms with van der Waals surface area (Å²) in [6, 6.07) is 0. The van der Waals surface area contributed by atoms with E-state index in [1.54, 1.807) is 0 Å². The molecule has 2 rings (SSSR count). The van der Waals surface area contributed by atoms with Gasteiger partial charge in [0.1, 0.15) is 0 Å². The highest BCUT2D eigenvalue weighted by Crippen LogP contribution is 2.46. The van der Waals surface area contributed by atoms with Crippen LogP contribution in [0.15, 0.2) is 0 Å².